The first kappa shape index (κ1) is 21.7. The molecule has 5 heteroatoms. The number of anilines is 1. The van der Waals surface area contributed by atoms with Crippen LogP contribution in [0.3, 0.4) is 0 Å². The maximum absolute atomic E-state index is 9.27. The summed E-state index contributed by atoms with van der Waals surface area (Å²) in [6.45, 7) is 6.38. The lowest BCUT2D eigenvalue weighted by Crippen LogP contribution is -2.07. The quantitative estimate of drug-likeness (QED) is 0.347. The number of fused-ring (bicyclic) bond motifs is 1. The van der Waals surface area contributed by atoms with Gasteiger partial charge in [0, 0.05) is 24.5 Å². The molecule has 0 aliphatic rings. The average Bonchev–Trinajstić information content (AvgIpc) is 2.87. The first-order valence-electron chi connectivity index (χ1n) is 10.6. The molecule has 0 atom stereocenters. The monoisotopic (exact) mass is 429 g/mol. The Balaban J connectivity index is 1.86. The second kappa shape index (κ2) is 10.2. The summed E-state index contributed by atoms with van der Waals surface area (Å²) in [5.41, 5.74) is 5.28. The highest BCUT2D eigenvalue weighted by Gasteiger charge is 2.14. The second-order valence-electron chi connectivity index (χ2n) is 7.52. The third kappa shape index (κ3) is 5.03. The van der Waals surface area contributed by atoms with Gasteiger partial charge in [0.15, 0.2) is 5.82 Å². The van der Waals surface area contributed by atoms with Gasteiger partial charge in [0.2, 0.25) is 0 Å². The number of nitrogens with one attached hydrogen (secondary N) is 1. The topological polar surface area (TPSA) is 74.5 Å². The van der Waals surface area contributed by atoms with Crippen LogP contribution in [0.25, 0.3) is 33.4 Å². The van der Waals surface area contributed by atoms with Crippen LogP contribution in [0.5, 0.6) is 0 Å². The van der Waals surface area contributed by atoms with Crippen LogP contribution in [0.4, 0.5) is 5.82 Å². The van der Waals surface area contributed by atoms with E-state index in [0.717, 1.165) is 33.4 Å². The number of hydrogen-bond acceptors (Lipinski definition) is 5. The summed E-state index contributed by atoms with van der Waals surface area (Å²) in [6.07, 6.45) is 10.8. The van der Waals surface area contributed by atoms with Crippen molar-refractivity contribution in [3.63, 3.8) is 0 Å². The number of benzene rings is 2. The first-order chi connectivity index (χ1) is 16.2. The molecule has 0 unspecified atom stereocenters. The van der Waals surface area contributed by atoms with E-state index >= 15 is 0 Å². The summed E-state index contributed by atoms with van der Waals surface area (Å²) in [6, 6.07) is 20.2. The molecule has 2 aromatic heterocycles. The van der Waals surface area contributed by atoms with Gasteiger partial charge in [-0.1, -0.05) is 78.9 Å². The number of nitrogens with zero attached hydrogens (tertiary/aromatic N) is 4. The minimum Gasteiger partial charge on any atom is -0.366 e. The van der Waals surface area contributed by atoms with Gasteiger partial charge in [-0.2, -0.15) is 5.26 Å². The Bertz CT molecular complexity index is 1400. The molecular formula is C28H23N5. The summed E-state index contributed by atoms with van der Waals surface area (Å²) in [5.74, 6) is 1.25. The minimum absolute atomic E-state index is 0.469. The summed E-state index contributed by atoms with van der Waals surface area (Å²) in [7, 11) is 0. The fourth-order valence-corrected chi connectivity index (χ4v) is 3.50. The Hall–Kier alpha value is -4.56. The van der Waals surface area contributed by atoms with Crippen LogP contribution in [0.15, 0.2) is 103 Å². The van der Waals surface area contributed by atoms with Crippen molar-refractivity contribution in [1.82, 2.24) is 15.0 Å². The number of nitriles is 1. The molecule has 0 amide bonds. The number of hydrogen-bond donors (Lipinski definition) is 1. The zero-order valence-corrected chi connectivity index (χ0v) is 18.4. The summed E-state index contributed by atoms with van der Waals surface area (Å²) in [4.78, 5) is 13.9. The molecule has 4 aromatic rings. The molecule has 0 spiro atoms. The predicted molar refractivity (Wildman–Crippen MR) is 135 cm³/mol. The highest BCUT2D eigenvalue weighted by atomic mass is 15.0. The lowest BCUT2D eigenvalue weighted by atomic mass is 10.0. The van der Waals surface area contributed by atoms with Crippen LogP contribution in [0.1, 0.15) is 12.5 Å². The number of aromatic nitrogens is 3. The van der Waals surface area contributed by atoms with Gasteiger partial charge < -0.3 is 5.32 Å². The molecule has 33 heavy (non-hydrogen) atoms. The fourth-order valence-electron chi connectivity index (χ4n) is 3.50. The van der Waals surface area contributed by atoms with Gasteiger partial charge in [-0.15, -0.1) is 0 Å². The van der Waals surface area contributed by atoms with E-state index in [4.69, 9.17) is 9.97 Å². The molecule has 0 saturated carbocycles. The van der Waals surface area contributed by atoms with Crippen LogP contribution >= 0.6 is 0 Å². The maximum Gasteiger partial charge on any atom is 0.163 e. The van der Waals surface area contributed by atoms with Gasteiger partial charge in [0.1, 0.15) is 11.9 Å². The SMILES string of the molecule is C=C/C=C\C=C(/C)CNc1nc(-c2cncc(C#N)c2)nc2cccc(-c3ccccc3)c12. The van der Waals surface area contributed by atoms with E-state index in [1.165, 1.54) is 6.20 Å². The van der Waals surface area contributed by atoms with Crippen molar-refractivity contribution >= 4 is 16.7 Å². The van der Waals surface area contributed by atoms with Crippen molar-refractivity contribution in [1.29, 1.82) is 5.26 Å². The third-order valence-electron chi connectivity index (χ3n) is 5.10. The smallest absolute Gasteiger partial charge is 0.163 e. The lowest BCUT2D eigenvalue weighted by molar-refractivity contribution is 1.14. The highest BCUT2D eigenvalue weighted by Crippen LogP contribution is 2.34. The summed E-state index contributed by atoms with van der Waals surface area (Å²) in [5, 5.41) is 13.7. The highest BCUT2D eigenvalue weighted by molar-refractivity contribution is 6.02. The molecule has 2 aromatic carbocycles. The zero-order chi connectivity index (χ0) is 23.0. The number of pyridine rings is 1. The van der Waals surface area contributed by atoms with Gasteiger partial charge in [-0.3, -0.25) is 4.98 Å². The molecule has 160 valence electrons. The van der Waals surface area contributed by atoms with Crippen molar-refractivity contribution in [3.05, 3.63) is 109 Å². The van der Waals surface area contributed by atoms with Crippen molar-refractivity contribution in [2.45, 2.75) is 6.92 Å². The molecule has 4 rings (SSSR count). The summed E-state index contributed by atoms with van der Waals surface area (Å²) < 4.78 is 0. The van der Waals surface area contributed by atoms with Crippen molar-refractivity contribution in [2.75, 3.05) is 11.9 Å². The Labute approximate surface area is 193 Å². The van der Waals surface area contributed by atoms with E-state index in [0.29, 0.717) is 23.5 Å². The van der Waals surface area contributed by atoms with E-state index in [1.807, 2.05) is 48.6 Å². The Morgan fingerprint density at radius 3 is 2.67 bits per heavy atom. The predicted octanol–water partition coefficient (Wildman–Crippen LogP) is 6.33. The van der Waals surface area contributed by atoms with E-state index in [2.05, 4.69) is 48.1 Å². The number of rotatable bonds is 7. The largest absolute Gasteiger partial charge is 0.366 e. The van der Waals surface area contributed by atoms with Crippen LogP contribution in [0, 0.1) is 11.3 Å². The van der Waals surface area contributed by atoms with E-state index in [1.54, 1.807) is 18.3 Å². The van der Waals surface area contributed by atoms with E-state index < -0.39 is 0 Å². The normalized spacial score (nSPS) is 11.5. The van der Waals surface area contributed by atoms with Gasteiger partial charge in [-0.25, -0.2) is 9.97 Å². The molecule has 1 N–H and O–H groups in total. The fraction of sp³-hybridized carbons (Fsp3) is 0.0714. The molecule has 0 fully saturated rings. The second-order valence-corrected chi connectivity index (χ2v) is 7.52. The zero-order valence-electron chi connectivity index (χ0n) is 18.4. The maximum atomic E-state index is 9.27. The van der Waals surface area contributed by atoms with Crippen molar-refractivity contribution in [3.8, 4) is 28.6 Å². The summed E-state index contributed by atoms with van der Waals surface area (Å²) >= 11 is 0. The standard InChI is InChI=1S/C28H23N5/c1-3-4-6-10-20(2)17-31-28-26-24(22-11-7-5-8-12-22)13-9-14-25(26)32-27(33-28)23-15-21(16-29)18-30-19-23/h3-15,18-19H,1,17H2,2H3,(H,31,32,33)/b6-4-,20-10+. The van der Waals surface area contributed by atoms with Gasteiger partial charge >= 0.3 is 0 Å². The Kier molecular flexibility index (Phi) is 6.67. The minimum atomic E-state index is 0.469. The molecular weight excluding hydrogens is 406 g/mol. The van der Waals surface area contributed by atoms with Crippen LogP contribution in [-0.4, -0.2) is 21.5 Å². The van der Waals surface area contributed by atoms with E-state index in [9.17, 15) is 5.26 Å². The molecule has 0 bridgehead atoms. The van der Waals surface area contributed by atoms with Crippen LogP contribution in [-0.2, 0) is 0 Å². The molecule has 0 radical (unpaired) electrons. The van der Waals surface area contributed by atoms with Crippen LogP contribution in [0.2, 0.25) is 0 Å². The molecule has 0 aliphatic heterocycles. The Morgan fingerprint density at radius 2 is 1.88 bits per heavy atom. The lowest BCUT2D eigenvalue weighted by Gasteiger charge is -2.14. The van der Waals surface area contributed by atoms with Gasteiger partial charge in [0.05, 0.1) is 16.5 Å². The third-order valence-corrected chi connectivity index (χ3v) is 5.10. The average molecular weight is 430 g/mol. The van der Waals surface area contributed by atoms with Crippen LogP contribution < -0.4 is 5.32 Å². The molecule has 2 heterocycles. The number of allylic oxidation sites excluding steroid dienone is 4. The Morgan fingerprint density at radius 1 is 1.03 bits per heavy atom. The van der Waals surface area contributed by atoms with Crippen molar-refractivity contribution < 1.29 is 0 Å². The molecule has 5 nitrogen and oxygen atoms in total. The van der Waals surface area contributed by atoms with E-state index in [-0.39, 0.29) is 0 Å². The first-order valence-corrected chi connectivity index (χ1v) is 10.6. The van der Waals surface area contributed by atoms with Crippen molar-refractivity contribution in [2.24, 2.45) is 0 Å². The van der Waals surface area contributed by atoms with Gasteiger partial charge in [0.25, 0.3) is 0 Å². The molecule has 0 saturated heterocycles. The molecule has 0 aliphatic carbocycles. The van der Waals surface area contributed by atoms with Gasteiger partial charge in [-0.05, 0) is 30.2 Å².